The van der Waals surface area contributed by atoms with Crippen LogP contribution >= 0.6 is 38.9 Å². The van der Waals surface area contributed by atoms with Gasteiger partial charge in [-0.2, -0.15) is 0 Å². The third-order valence-electron chi connectivity index (χ3n) is 5.59. The van der Waals surface area contributed by atoms with Crippen LogP contribution in [0.5, 0.6) is 17.2 Å². The lowest BCUT2D eigenvalue weighted by Crippen LogP contribution is -2.40. The second kappa shape index (κ2) is 10.5. The van der Waals surface area contributed by atoms with E-state index in [9.17, 15) is 14.7 Å². The van der Waals surface area contributed by atoms with Crippen molar-refractivity contribution in [2.45, 2.75) is 19.9 Å². The van der Waals surface area contributed by atoms with Gasteiger partial charge < -0.3 is 19.3 Å². The molecule has 0 aliphatic carbocycles. The fourth-order valence-electron chi connectivity index (χ4n) is 3.95. The van der Waals surface area contributed by atoms with Gasteiger partial charge in [-0.25, -0.2) is 9.79 Å². The molecule has 0 fully saturated rings. The molecular weight excluding hydrogens is 572 g/mol. The Hall–Kier alpha value is -3.08. The molecule has 0 saturated carbocycles. The number of esters is 1. The number of phenolic OH excluding ortho intramolecular Hbond substituents is 1. The molecule has 2 aromatic carbocycles. The minimum Gasteiger partial charge on any atom is -0.507 e. The van der Waals surface area contributed by atoms with Crippen LogP contribution in [-0.2, 0) is 9.53 Å². The first kappa shape index (κ1) is 26.0. The highest BCUT2D eigenvalue weighted by Gasteiger charge is 2.35. The van der Waals surface area contributed by atoms with Crippen molar-refractivity contribution in [1.82, 2.24) is 4.57 Å². The van der Waals surface area contributed by atoms with Gasteiger partial charge in [-0.15, -0.1) is 0 Å². The minimum atomic E-state index is -0.857. The summed E-state index contributed by atoms with van der Waals surface area (Å²) < 4.78 is 18.6. The second-order valence-electron chi connectivity index (χ2n) is 7.73. The molecule has 11 heteroatoms. The molecule has 0 spiro atoms. The highest BCUT2D eigenvalue weighted by atomic mass is 79.9. The third-order valence-corrected chi connectivity index (χ3v) is 7.50. The lowest BCUT2D eigenvalue weighted by Gasteiger charge is -2.26. The van der Waals surface area contributed by atoms with E-state index in [4.69, 9.17) is 25.8 Å². The predicted molar refractivity (Wildman–Crippen MR) is 141 cm³/mol. The Morgan fingerprint density at radius 3 is 2.61 bits per heavy atom. The Bertz CT molecular complexity index is 1580. The number of benzene rings is 2. The number of nitrogens with zero attached hydrogens (tertiary/aromatic N) is 2. The fraction of sp³-hybridized carbons (Fsp3) is 0.240. The molecule has 2 heterocycles. The van der Waals surface area contributed by atoms with E-state index in [1.54, 1.807) is 44.2 Å². The molecule has 1 atom stereocenters. The molecule has 0 saturated heterocycles. The second-order valence-corrected chi connectivity index (χ2v) is 10.0. The zero-order valence-electron chi connectivity index (χ0n) is 19.8. The van der Waals surface area contributed by atoms with Crippen LogP contribution in [0.15, 0.2) is 55.9 Å². The van der Waals surface area contributed by atoms with Crippen molar-refractivity contribution >= 4 is 50.9 Å². The molecule has 1 aliphatic rings. The monoisotopic (exact) mass is 592 g/mol. The summed E-state index contributed by atoms with van der Waals surface area (Å²) in [7, 11) is 3.03. The van der Waals surface area contributed by atoms with Crippen molar-refractivity contribution in [3.63, 3.8) is 0 Å². The third kappa shape index (κ3) is 4.68. The smallest absolute Gasteiger partial charge is 0.338 e. The highest BCUT2D eigenvalue weighted by Crippen LogP contribution is 2.40. The lowest BCUT2D eigenvalue weighted by atomic mass is 9.95. The van der Waals surface area contributed by atoms with Gasteiger partial charge >= 0.3 is 5.97 Å². The molecule has 4 rings (SSSR count). The highest BCUT2D eigenvalue weighted by molar-refractivity contribution is 9.10. The number of methoxy groups -OCH3 is 2. The van der Waals surface area contributed by atoms with Gasteiger partial charge in [0.05, 0.1) is 42.7 Å². The molecule has 188 valence electrons. The van der Waals surface area contributed by atoms with Crippen LogP contribution < -0.4 is 24.4 Å². The number of fused-ring (bicyclic) bond motifs is 1. The van der Waals surface area contributed by atoms with Crippen LogP contribution in [0.25, 0.3) is 6.08 Å². The number of aromatic nitrogens is 1. The molecule has 8 nitrogen and oxygen atoms in total. The average molecular weight is 594 g/mol. The summed E-state index contributed by atoms with van der Waals surface area (Å²) >= 11 is 10.8. The predicted octanol–water partition coefficient (Wildman–Crippen LogP) is 3.94. The van der Waals surface area contributed by atoms with Crippen LogP contribution in [0.4, 0.5) is 0 Å². The van der Waals surface area contributed by atoms with Crippen LogP contribution in [0.3, 0.4) is 0 Å². The van der Waals surface area contributed by atoms with Crippen LogP contribution in [-0.4, -0.2) is 36.5 Å². The standard InChI is InChI=1S/C25H22BrClN2O6S/c1-5-35-24(32)21-12(2)28-25-29(22(21)15-10-18(33-3)19(34-4)11-16(15)26)23(31)20(36-25)9-13-8-14(27)6-7-17(13)30/h6-11,22,30H,5H2,1-4H3/t22-/m0/s1. The normalized spacial score (nSPS) is 15.4. The Morgan fingerprint density at radius 1 is 1.25 bits per heavy atom. The maximum Gasteiger partial charge on any atom is 0.338 e. The molecular formula is C25H22BrClN2O6S. The zero-order valence-corrected chi connectivity index (χ0v) is 23.0. The number of ether oxygens (including phenoxy) is 3. The van der Waals surface area contributed by atoms with Crippen molar-refractivity contribution in [3.05, 3.63) is 81.9 Å². The van der Waals surface area contributed by atoms with Crippen molar-refractivity contribution in [2.75, 3.05) is 20.8 Å². The van der Waals surface area contributed by atoms with Gasteiger partial charge in [-0.05, 0) is 55.8 Å². The van der Waals surface area contributed by atoms with E-state index in [2.05, 4.69) is 20.9 Å². The Morgan fingerprint density at radius 2 is 1.94 bits per heavy atom. The van der Waals surface area contributed by atoms with Crippen LogP contribution in [0.2, 0.25) is 5.02 Å². The van der Waals surface area contributed by atoms with Gasteiger partial charge in [0.25, 0.3) is 5.56 Å². The van der Waals surface area contributed by atoms with Crippen molar-refractivity contribution < 1.29 is 24.1 Å². The number of rotatable bonds is 6. The Kier molecular flexibility index (Phi) is 7.58. The lowest BCUT2D eigenvalue weighted by molar-refractivity contribution is -0.139. The molecule has 1 aromatic heterocycles. The van der Waals surface area contributed by atoms with Crippen LogP contribution in [0.1, 0.15) is 31.0 Å². The summed E-state index contributed by atoms with van der Waals surface area (Å²) in [4.78, 5) is 31.8. The van der Waals surface area contributed by atoms with E-state index in [0.717, 1.165) is 11.3 Å². The summed E-state index contributed by atoms with van der Waals surface area (Å²) in [6.07, 6.45) is 1.55. The molecule has 3 aromatic rings. The van der Waals surface area contributed by atoms with E-state index in [1.165, 1.54) is 24.9 Å². The van der Waals surface area contributed by atoms with E-state index in [0.29, 0.717) is 47.2 Å². The number of thiazole rings is 1. The van der Waals surface area contributed by atoms with E-state index < -0.39 is 12.0 Å². The first-order chi connectivity index (χ1) is 17.2. The van der Waals surface area contributed by atoms with E-state index >= 15 is 0 Å². The molecule has 0 unspecified atom stereocenters. The summed E-state index contributed by atoms with van der Waals surface area (Å²) in [6, 6.07) is 7.14. The first-order valence-electron chi connectivity index (χ1n) is 10.8. The minimum absolute atomic E-state index is 0.0205. The summed E-state index contributed by atoms with van der Waals surface area (Å²) in [5.41, 5.74) is 1.24. The van der Waals surface area contributed by atoms with Gasteiger partial charge in [-0.1, -0.05) is 38.9 Å². The Balaban J connectivity index is 2.03. The average Bonchev–Trinajstić information content (AvgIpc) is 3.14. The Labute approximate surface area is 223 Å². The number of hydrogen-bond acceptors (Lipinski definition) is 8. The molecule has 0 amide bonds. The van der Waals surface area contributed by atoms with E-state index in [1.807, 2.05) is 0 Å². The van der Waals surface area contributed by atoms with Crippen molar-refractivity contribution in [3.8, 4) is 17.2 Å². The van der Waals surface area contributed by atoms with Crippen molar-refractivity contribution in [2.24, 2.45) is 4.99 Å². The molecule has 36 heavy (non-hydrogen) atoms. The van der Waals surface area contributed by atoms with Crippen molar-refractivity contribution in [1.29, 1.82) is 0 Å². The topological polar surface area (TPSA) is 99.4 Å². The quantitative estimate of drug-likeness (QED) is 0.435. The first-order valence-corrected chi connectivity index (χ1v) is 12.8. The van der Waals surface area contributed by atoms with Gasteiger partial charge in [0.2, 0.25) is 0 Å². The van der Waals surface area contributed by atoms with Gasteiger partial charge in [0.15, 0.2) is 16.3 Å². The largest absolute Gasteiger partial charge is 0.507 e. The summed E-state index contributed by atoms with van der Waals surface area (Å²) in [5.74, 6) is 0.315. The number of allylic oxidation sites excluding steroid dienone is 1. The van der Waals surface area contributed by atoms with Gasteiger partial charge in [0.1, 0.15) is 5.75 Å². The van der Waals surface area contributed by atoms with Gasteiger partial charge in [-0.3, -0.25) is 9.36 Å². The maximum atomic E-state index is 13.7. The van der Waals surface area contributed by atoms with E-state index in [-0.39, 0.29) is 23.5 Å². The molecule has 1 aliphatic heterocycles. The number of aromatic hydroxyl groups is 1. The molecule has 0 bridgehead atoms. The number of hydrogen-bond donors (Lipinski definition) is 1. The fourth-order valence-corrected chi connectivity index (χ4v) is 5.70. The number of carbonyl (C=O) groups excluding carboxylic acids is 1. The van der Waals surface area contributed by atoms with Crippen LogP contribution in [0, 0.1) is 0 Å². The number of halogens is 2. The number of carbonyl (C=O) groups is 1. The maximum absolute atomic E-state index is 13.7. The molecule has 0 radical (unpaired) electrons. The summed E-state index contributed by atoms with van der Waals surface area (Å²) in [5, 5.41) is 10.7. The summed E-state index contributed by atoms with van der Waals surface area (Å²) in [6.45, 7) is 3.57. The molecule has 1 N–H and O–H groups in total. The number of phenols is 1. The van der Waals surface area contributed by atoms with Gasteiger partial charge in [0, 0.05) is 15.1 Å². The zero-order chi connectivity index (χ0) is 26.1. The SMILES string of the molecule is CCOC(=O)C1=C(C)N=c2sc(=Cc3cc(Cl)ccc3O)c(=O)n2[C@H]1c1cc(OC)c(OC)cc1Br.